The molecule has 3 aromatic heterocycles. The van der Waals surface area contributed by atoms with Crippen molar-refractivity contribution in [1.29, 1.82) is 0 Å². The van der Waals surface area contributed by atoms with Crippen LogP contribution in [0.25, 0.3) is 17.2 Å². The molecule has 2 fully saturated rings. The summed E-state index contributed by atoms with van der Waals surface area (Å²) in [6, 6.07) is 10.2. The molecule has 10 heteroatoms. The molecule has 1 N–H and O–H groups in total. The van der Waals surface area contributed by atoms with Crippen LogP contribution >= 0.6 is 0 Å². The first-order valence-electron chi connectivity index (χ1n) is 12.9. The van der Waals surface area contributed by atoms with Crippen molar-refractivity contribution >= 4 is 11.6 Å². The molecular formula is C27H33N7O3. The van der Waals surface area contributed by atoms with E-state index in [4.69, 9.17) is 29.0 Å². The number of rotatable bonds is 8. The minimum atomic E-state index is 0.543. The summed E-state index contributed by atoms with van der Waals surface area (Å²) in [4.78, 5) is 14.8. The number of nitrogens with zero attached hydrogens (tertiary/aromatic N) is 6. The summed E-state index contributed by atoms with van der Waals surface area (Å²) in [5, 5.41) is 8.18. The highest BCUT2D eigenvalue weighted by Gasteiger charge is 2.29. The summed E-state index contributed by atoms with van der Waals surface area (Å²) in [7, 11) is 3.27. The van der Waals surface area contributed by atoms with Crippen LogP contribution in [0, 0.1) is 0 Å². The number of hydrogen-bond acceptors (Lipinski definition) is 9. The lowest BCUT2D eigenvalue weighted by Gasteiger charge is -2.44. The third-order valence-electron chi connectivity index (χ3n) is 7.39. The van der Waals surface area contributed by atoms with Gasteiger partial charge in [-0.15, -0.1) is 5.10 Å². The highest BCUT2D eigenvalue weighted by molar-refractivity contribution is 5.58. The van der Waals surface area contributed by atoms with Gasteiger partial charge in [0.25, 0.3) is 0 Å². The van der Waals surface area contributed by atoms with Crippen LogP contribution in [-0.4, -0.2) is 75.8 Å². The van der Waals surface area contributed by atoms with Crippen molar-refractivity contribution in [3.05, 3.63) is 53.9 Å². The number of piperidine rings is 1. The second-order valence-corrected chi connectivity index (χ2v) is 9.72. The zero-order chi connectivity index (χ0) is 25.2. The average molecular weight is 504 g/mol. The second kappa shape index (κ2) is 10.4. The molecule has 2 aliphatic heterocycles. The number of ether oxygens (including phenoxy) is 2. The maximum atomic E-state index is 5.59. The molecule has 194 valence electrons. The predicted octanol–water partition coefficient (Wildman–Crippen LogP) is 3.68. The topological polar surface area (TPSA) is 93.2 Å². The van der Waals surface area contributed by atoms with Gasteiger partial charge in [-0.2, -0.15) is 4.52 Å². The van der Waals surface area contributed by atoms with Gasteiger partial charge in [0, 0.05) is 50.5 Å². The molecule has 37 heavy (non-hydrogen) atoms. The second-order valence-electron chi connectivity index (χ2n) is 9.72. The molecule has 1 unspecified atom stereocenters. The fourth-order valence-corrected chi connectivity index (χ4v) is 5.44. The largest absolute Gasteiger partial charge is 0.493 e. The van der Waals surface area contributed by atoms with Gasteiger partial charge in [0.2, 0.25) is 11.8 Å². The van der Waals surface area contributed by atoms with Crippen LogP contribution in [0.15, 0.2) is 47.2 Å². The molecule has 4 aromatic rings. The summed E-state index contributed by atoms with van der Waals surface area (Å²) < 4.78 is 18.2. The smallest absolute Gasteiger partial charge is 0.226 e. The van der Waals surface area contributed by atoms with Crippen molar-refractivity contribution in [1.82, 2.24) is 29.4 Å². The Hall–Kier alpha value is -3.63. The van der Waals surface area contributed by atoms with Crippen molar-refractivity contribution in [2.75, 3.05) is 45.7 Å². The molecule has 0 aliphatic carbocycles. The molecule has 1 aromatic carbocycles. The third kappa shape index (κ3) is 4.86. The molecule has 0 spiro atoms. The molecule has 2 aliphatic rings. The average Bonchev–Trinajstić information content (AvgIpc) is 3.63. The molecule has 10 nitrogen and oxygen atoms in total. The van der Waals surface area contributed by atoms with Crippen LogP contribution in [0.1, 0.15) is 30.4 Å². The molecule has 1 atom stereocenters. The normalized spacial score (nSPS) is 18.6. The Kier molecular flexibility index (Phi) is 6.67. The summed E-state index contributed by atoms with van der Waals surface area (Å²) in [5.74, 6) is 3.19. The summed E-state index contributed by atoms with van der Waals surface area (Å²) >= 11 is 0. The lowest BCUT2D eigenvalue weighted by molar-refractivity contribution is 0.0457. The number of anilines is 1. The predicted molar refractivity (Wildman–Crippen MR) is 140 cm³/mol. The van der Waals surface area contributed by atoms with Crippen molar-refractivity contribution in [2.45, 2.75) is 38.4 Å². The van der Waals surface area contributed by atoms with Crippen molar-refractivity contribution in [2.24, 2.45) is 0 Å². The van der Waals surface area contributed by atoms with E-state index in [2.05, 4.69) is 15.1 Å². The summed E-state index contributed by atoms with van der Waals surface area (Å²) in [5.41, 5.74) is 2.89. The van der Waals surface area contributed by atoms with E-state index in [0.717, 1.165) is 43.0 Å². The van der Waals surface area contributed by atoms with Crippen molar-refractivity contribution in [3.8, 4) is 23.1 Å². The molecule has 0 saturated carbocycles. The number of hydrogen-bond donors (Lipinski definition) is 1. The first-order valence-corrected chi connectivity index (χ1v) is 12.9. The lowest BCUT2D eigenvalue weighted by atomic mass is 9.99. The minimum absolute atomic E-state index is 0.543. The Morgan fingerprint density at radius 3 is 2.84 bits per heavy atom. The number of nitrogens with one attached hydrogen (secondary N) is 1. The molecule has 5 heterocycles. The van der Waals surface area contributed by atoms with Crippen molar-refractivity contribution in [3.63, 3.8) is 0 Å². The first-order chi connectivity index (χ1) is 18.2. The van der Waals surface area contributed by atoms with E-state index in [-0.39, 0.29) is 0 Å². The maximum Gasteiger partial charge on any atom is 0.226 e. The third-order valence-corrected chi connectivity index (χ3v) is 7.39. The van der Waals surface area contributed by atoms with Crippen molar-refractivity contribution < 1.29 is 13.9 Å². The lowest BCUT2D eigenvalue weighted by Crippen LogP contribution is -2.54. The van der Waals surface area contributed by atoms with Gasteiger partial charge in [-0.3, -0.25) is 9.80 Å². The summed E-state index contributed by atoms with van der Waals surface area (Å²) in [6.07, 6.45) is 7.52. The van der Waals surface area contributed by atoms with Crippen LogP contribution in [0.3, 0.4) is 0 Å². The van der Waals surface area contributed by atoms with Gasteiger partial charge in [-0.05, 0) is 49.2 Å². The van der Waals surface area contributed by atoms with E-state index in [1.807, 2.05) is 36.5 Å². The Morgan fingerprint density at radius 1 is 1.08 bits per heavy atom. The van der Waals surface area contributed by atoms with E-state index in [1.54, 1.807) is 25.0 Å². The standard InChI is InChI=1S/C27H33N7O3/c1-35-22-9-8-19(14-24(22)36-2)15-28-27-29-16-20(17-32-11-12-33-10-4-3-6-21(33)18-32)26-30-25(31-34(26)27)23-7-5-13-37-23/h5,7-9,13-14,16,21H,3-4,6,10-12,15,17-18H2,1-2H3,(H,28,29). The molecule has 6 rings (SSSR count). The van der Waals surface area contributed by atoms with Gasteiger partial charge in [0.15, 0.2) is 22.9 Å². The van der Waals surface area contributed by atoms with Gasteiger partial charge in [-0.25, -0.2) is 9.97 Å². The number of furan rings is 1. The Bertz CT molecular complexity index is 1350. The zero-order valence-corrected chi connectivity index (χ0v) is 21.4. The number of aromatic nitrogens is 4. The molecular weight excluding hydrogens is 470 g/mol. The van der Waals surface area contributed by atoms with Gasteiger partial charge < -0.3 is 19.2 Å². The van der Waals surface area contributed by atoms with Crippen LogP contribution in [0.2, 0.25) is 0 Å². The van der Waals surface area contributed by atoms with Gasteiger partial charge in [0.1, 0.15) is 0 Å². The number of piperazine rings is 1. The summed E-state index contributed by atoms with van der Waals surface area (Å²) in [6.45, 7) is 5.85. The number of fused-ring (bicyclic) bond motifs is 2. The van der Waals surface area contributed by atoms with Crippen LogP contribution < -0.4 is 14.8 Å². The zero-order valence-electron chi connectivity index (χ0n) is 21.4. The van der Waals surface area contributed by atoms with E-state index >= 15 is 0 Å². The molecule has 0 bridgehead atoms. The Labute approximate surface area is 216 Å². The fourth-order valence-electron chi connectivity index (χ4n) is 5.44. The first kappa shape index (κ1) is 23.7. The van der Waals surface area contributed by atoms with E-state index in [9.17, 15) is 0 Å². The van der Waals surface area contributed by atoms with Crippen LogP contribution in [0.5, 0.6) is 11.5 Å². The highest BCUT2D eigenvalue weighted by Crippen LogP contribution is 2.28. The van der Waals surface area contributed by atoms with E-state index < -0.39 is 0 Å². The van der Waals surface area contributed by atoms with Gasteiger partial charge in [-0.1, -0.05) is 12.5 Å². The number of methoxy groups -OCH3 is 2. The van der Waals surface area contributed by atoms with Gasteiger partial charge in [0.05, 0.1) is 20.5 Å². The molecule has 0 amide bonds. The molecule has 2 saturated heterocycles. The van der Waals surface area contributed by atoms with Crippen LogP contribution in [0.4, 0.5) is 5.95 Å². The van der Waals surface area contributed by atoms with E-state index in [0.29, 0.717) is 41.6 Å². The quantitative estimate of drug-likeness (QED) is 0.386. The fraction of sp³-hybridized carbons (Fsp3) is 0.444. The Balaban J connectivity index is 1.27. The van der Waals surface area contributed by atoms with Gasteiger partial charge >= 0.3 is 0 Å². The Morgan fingerprint density at radius 2 is 2.00 bits per heavy atom. The highest BCUT2D eigenvalue weighted by atomic mass is 16.5. The van der Waals surface area contributed by atoms with E-state index in [1.165, 1.54) is 25.8 Å². The SMILES string of the molecule is COc1ccc(CNc2ncc(CN3CCN4CCCCC4C3)c3nc(-c4ccco4)nn23)cc1OC. The number of benzene rings is 1. The minimum Gasteiger partial charge on any atom is -0.493 e. The maximum absolute atomic E-state index is 5.59. The van der Waals surface area contributed by atoms with Crippen LogP contribution in [-0.2, 0) is 13.1 Å². The monoisotopic (exact) mass is 503 g/mol. The molecule has 0 radical (unpaired) electrons.